The zero-order valence-electron chi connectivity index (χ0n) is 16.3. The Balaban J connectivity index is 1.34. The Labute approximate surface area is 162 Å². The van der Waals surface area contributed by atoms with Crippen LogP contribution in [0.2, 0.25) is 0 Å². The van der Waals surface area contributed by atoms with Crippen LogP contribution in [0.1, 0.15) is 54.8 Å². The molecule has 1 aliphatic carbocycles. The lowest BCUT2D eigenvalue weighted by Crippen LogP contribution is -2.38. The minimum Gasteiger partial charge on any atom is -0.497 e. The van der Waals surface area contributed by atoms with E-state index < -0.39 is 0 Å². The van der Waals surface area contributed by atoms with E-state index in [0.717, 1.165) is 18.1 Å². The van der Waals surface area contributed by atoms with Gasteiger partial charge < -0.3 is 4.74 Å². The highest BCUT2D eigenvalue weighted by Gasteiger charge is 2.29. The summed E-state index contributed by atoms with van der Waals surface area (Å²) in [6.07, 6.45) is 8.58. The molecular weight excluding hydrogens is 337 g/mol. The largest absolute Gasteiger partial charge is 0.497 e. The Morgan fingerprint density at radius 1 is 1.04 bits per heavy atom. The molecule has 1 unspecified atom stereocenters. The van der Waals surface area contributed by atoms with Gasteiger partial charge in [-0.25, -0.2) is 4.39 Å². The monoisotopic (exact) mass is 367 g/mol. The first kappa shape index (κ1) is 18.5. The van der Waals surface area contributed by atoms with E-state index in [9.17, 15) is 4.39 Å². The molecule has 0 bridgehead atoms. The van der Waals surface area contributed by atoms with Crippen LogP contribution in [0, 0.1) is 11.7 Å². The minimum atomic E-state index is -0.142. The van der Waals surface area contributed by atoms with Gasteiger partial charge in [0.1, 0.15) is 11.6 Å². The Morgan fingerprint density at radius 3 is 2.56 bits per heavy atom. The number of benzene rings is 2. The van der Waals surface area contributed by atoms with Gasteiger partial charge in [-0.3, -0.25) is 4.90 Å². The molecule has 27 heavy (non-hydrogen) atoms. The predicted molar refractivity (Wildman–Crippen MR) is 108 cm³/mol. The van der Waals surface area contributed by atoms with Crippen molar-refractivity contribution in [3.63, 3.8) is 0 Å². The molecule has 0 radical (unpaired) electrons. The fraction of sp³-hybridized carbons (Fsp3) is 0.500. The summed E-state index contributed by atoms with van der Waals surface area (Å²) in [6, 6.07) is 14.2. The zero-order chi connectivity index (χ0) is 18.6. The van der Waals surface area contributed by atoms with Crippen molar-refractivity contribution in [1.29, 1.82) is 0 Å². The van der Waals surface area contributed by atoms with Gasteiger partial charge in [0.05, 0.1) is 7.11 Å². The zero-order valence-corrected chi connectivity index (χ0v) is 16.3. The molecule has 144 valence electrons. The number of piperidine rings is 1. The molecule has 0 saturated carbocycles. The van der Waals surface area contributed by atoms with Gasteiger partial charge in [-0.05, 0) is 105 Å². The highest BCUT2D eigenvalue weighted by Crippen LogP contribution is 2.38. The summed E-state index contributed by atoms with van der Waals surface area (Å²) < 4.78 is 18.5. The molecule has 1 fully saturated rings. The van der Waals surface area contributed by atoms with Crippen molar-refractivity contribution in [3.8, 4) is 5.75 Å². The first-order valence-electron chi connectivity index (χ1n) is 10.4. The summed E-state index contributed by atoms with van der Waals surface area (Å²) >= 11 is 0. The van der Waals surface area contributed by atoms with Gasteiger partial charge in [0.2, 0.25) is 0 Å². The van der Waals surface area contributed by atoms with Gasteiger partial charge in [0.25, 0.3) is 0 Å². The normalized spacial score (nSPS) is 21.0. The predicted octanol–water partition coefficient (Wildman–Crippen LogP) is 5.56. The number of likely N-dealkylation sites (tertiary alicyclic amines) is 1. The topological polar surface area (TPSA) is 12.5 Å². The molecule has 0 N–H and O–H groups in total. The Bertz CT molecular complexity index is 749. The van der Waals surface area contributed by atoms with Crippen LogP contribution in [0.4, 0.5) is 4.39 Å². The number of rotatable bonds is 5. The van der Waals surface area contributed by atoms with Crippen molar-refractivity contribution in [3.05, 3.63) is 65.0 Å². The fourth-order valence-electron chi connectivity index (χ4n) is 4.83. The van der Waals surface area contributed by atoms with Crippen molar-refractivity contribution < 1.29 is 9.13 Å². The molecule has 0 aromatic heterocycles. The number of hydrogen-bond acceptors (Lipinski definition) is 2. The van der Waals surface area contributed by atoms with Gasteiger partial charge in [0.15, 0.2) is 0 Å². The lowest BCUT2D eigenvalue weighted by atomic mass is 9.84. The highest BCUT2D eigenvalue weighted by atomic mass is 19.1. The maximum atomic E-state index is 13.0. The third-order valence-electron chi connectivity index (χ3n) is 6.48. The molecule has 0 spiro atoms. The summed E-state index contributed by atoms with van der Waals surface area (Å²) in [4.78, 5) is 2.70. The van der Waals surface area contributed by atoms with Crippen molar-refractivity contribution in [2.24, 2.45) is 5.92 Å². The molecule has 2 aromatic rings. The molecule has 4 rings (SSSR count). The van der Waals surface area contributed by atoms with E-state index in [1.165, 1.54) is 68.3 Å². The summed E-state index contributed by atoms with van der Waals surface area (Å²) in [5.74, 6) is 1.63. The second-order valence-corrected chi connectivity index (χ2v) is 8.12. The third kappa shape index (κ3) is 4.35. The van der Waals surface area contributed by atoms with Crippen LogP contribution in [-0.4, -0.2) is 25.1 Å². The van der Waals surface area contributed by atoms with Crippen molar-refractivity contribution in [2.45, 2.75) is 51.0 Å². The van der Waals surface area contributed by atoms with Crippen LogP contribution in [-0.2, 0) is 12.8 Å². The molecule has 2 aliphatic rings. The molecule has 2 aromatic carbocycles. The Morgan fingerprint density at radius 2 is 1.81 bits per heavy atom. The summed E-state index contributed by atoms with van der Waals surface area (Å²) in [5.41, 5.74) is 4.25. The third-order valence-corrected chi connectivity index (χ3v) is 6.48. The molecule has 0 amide bonds. The summed E-state index contributed by atoms with van der Waals surface area (Å²) in [5, 5.41) is 0. The number of halogens is 1. The molecule has 1 heterocycles. The van der Waals surface area contributed by atoms with Gasteiger partial charge in [0, 0.05) is 6.04 Å². The van der Waals surface area contributed by atoms with Crippen molar-refractivity contribution >= 4 is 0 Å². The smallest absolute Gasteiger partial charge is 0.123 e. The first-order valence-corrected chi connectivity index (χ1v) is 10.4. The van der Waals surface area contributed by atoms with E-state index in [0.29, 0.717) is 6.04 Å². The Kier molecular flexibility index (Phi) is 5.77. The molecule has 3 heteroatoms. The lowest BCUT2D eigenvalue weighted by molar-refractivity contribution is 0.117. The van der Waals surface area contributed by atoms with Gasteiger partial charge in [-0.1, -0.05) is 18.2 Å². The maximum Gasteiger partial charge on any atom is 0.123 e. The lowest BCUT2D eigenvalue weighted by Gasteiger charge is -2.40. The minimum absolute atomic E-state index is 0.142. The maximum absolute atomic E-state index is 13.0. The van der Waals surface area contributed by atoms with Crippen LogP contribution in [0.25, 0.3) is 0 Å². The standard InChI is InChI=1S/C24H30FNO/c1-27-22-12-9-20-3-2-4-24(23(20)17-22)26-15-13-19(14-16-26)6-5-18-7-10-21(25)11-8-18/h7-12,17,19,24H,2-6,13-16H2,1H3. The SMILES string of the molecule is COc1ccc2c(c1)C(N1CCC(CCc3ccc(F)cc3)CC1)CCC2. The number of ether oxygens (including phenoxy) is 1. The quantitative estimate of drug-likeness (QED) is 0.686. The summed E-state index contributed by atoms with van der Waals surface area (Å²) in [7, 11) is 1.76. The van der Waals surface area contributed by atoms with E-state index >= 15 is 0 Å². The molecular formula is C24H30FNO. The van der Waals surface area contributed by atoms with E-state index in [1.54, 1.807) is 19.2 Å². The first-order chi connectivity index (χ1) is 13.2. The number of fused-ring (bicyclic) bond motifs is 1. The number of nitrogens with zero attached hydrogens (tertiary/aromatic N) is 1. The Hall–Kier alpha value is -1.87. The van der Waals surface area contributed by atoms with Crippen molar-refractivity contribution in [2.75, 3.05) is 20.2 Å². The van der Waals surface area contributed by atoms with Crippen LogP contribution >= 0.6 is 0 Å². The van der Waals surface area contributed by atoms with Crippen LogP contribution in [0.3, 0.4) is 0 Å². The molecule has 2 nitrogen and oxygen atoms in total. The van der Waals surface area contributed by atoms with E-state index in [2.05, 4.69) is 23.1 Å². The number of methoxy groups -OCH3 is 1. The van der Waals surface area contributed by atoms with Crippen LogP contribution < -0.4 is 4.74 Å². The fourth-order valence-corrected chi connectivity index (χ4v) is 4.83. The van der Waals surface area contributed by atoms with Gasteiger partial charge in [-0.2, -0.15) is 0 Å². The second kappa shape index (κ2) is 8.43. The average molecular weight is 368 g/mol. The van der Waals surface area contributed by atoms with Crippen molar-refractivity contribution in [1.82, 2.24) is 4.90 Å². The summed E-state index contributed by atoms with van der Waals surface area (Å²) in [6.45, 7) is 2.38. The highest BCUT2D eigenvalue weighted by molar-refractivity contribution is 5.39. The van der Waals surface area contributed by atoms with E-state index in [1.807, 2.05) is 12.1 Å². The molecule has 1 aliphatic heterocycles. The van der Waals surface area contributed by atoms with E-state index in [4.69, 9.17) is 4.74 Å². The van der Waals surface area contributed by atoms with Crippen LogP contribution in [0.5, 0.6) is 5.75 Å². The second-order valence-electron chi connectivity index (χ2n) is 8.12. The van der Waals surface area contributed by atoms with Crippen LogP contribution in [0.15, 0.2) is 42.5 Å². The van der Waals surface area contributed by atoms with Gasteiger partial charge >= 0.3 is 0 Å². The molecule has 1 atom stereocenters. The van der Waals surface area contributed by atoms with Gasteiger partial charge in [-0.15, -0.1) is 0 Å². The number of hydrogen-bond donors (Lipinski definition) is 0. The molecule has 1 saturated heterocycles. The number of aryl methyl sites for hydroxylation is 2. The van der Waals surface area contributed by atoms with E-state index in [-0.39, 0.29) is 5.82 Å². The average Bonchev–Trinajstić information content (AvgIpc) is 2.73.